The summed E-state index contributed by atoms with van der Waals surface area (Å²) in [4.78, 5) is 0. The van der Waals surface area contributed by atoms with Crippen molar-refractivity contribution in [3.05, 3.63) is 35.1 Å². The molecule has 2 nitrogen and oxygen atoms in total. The molecule has 88 valence electrons. The Morgan fingerprint density at radius 3 is 3.00 bits per heavy atom. The number of aliphatic hydroxyl groups excluding tert-OH is 1. The van der Waals surface area contributed by atoms with Crippen molar-refractivity contribution in [3.8, 4) is 0 Å². The highest BCUT2D eigenvalue weighted by Gasteiger charge is 2.29. The fraction of sp³-hybridized carbons (Fsp3) is 0.538. The van der Waals surface area contributed by atoms with Crippen LogP contribution in [0.4, 0.5) is 4.39 Å². The van der Waals surface area contributed by atoms with Gasteiger partial charge in [-0.1, -0.05) is 13.0 Å². The number of rotatable bonds is 3. The second-order valence-corrected chi connectivity index (χ2v) is 4.76. The molecular formula is C13H18FNO. The minimum atomic E-state index is -0.371. The second-order valence-electron chi connectivity index (χ2n) is 4.76. The van der Waals surface area contributed by atoms with E-state index in [1.54, 1.807) is 13.0 Å². The molecule has 0 saturated heterocycles. The van der Waals surface area contributed by atoms with E-state index >= 15 is 0 Å². The van der Waals surface area contributed by atoms with Crippen molar-refractivity contribution in [2.24, 2.45) is 5.92 Å². The van der Waals surface area contributed by atoms with Gasteiger partial charge in [-0.05, 0) is 42.5 Å². The van der Waals surface area contributed by atoms with Gasteiger partial charge in [-0.2, -0.15) is 0 Å². The van der Waals surface area contributed by atoms with Crippen molar-refractivity contribution in [2.75, 3.05) is 6.54 Å². The van der Waals surface area contributed by atoms with Crippen LogP contribution in [0.15, 0.2) is 18.2 Å². The molecule has 0 saturated carbocycles. The van der Waals surface area contributed by atoms with E-state index in [4.69, 9.17) is 0 Å². The number of nitrogens with one attached hydrogen (secondary N) is 1. The van der Waals surface area contributed by atoms with Crippen molar-refractivity contribution >= 4 is 0 Å². The normalized spacial score (nSPS) is 25.5. The van der Waals surface area contributed by atoms with Crippen molar-refractivity contribution in [1.29, 1.82) is 0 Å². The lowest BCUT2D eigenvalue weighted by atomic mass is 10.0. The Morgan fingerprint density at radius 1 is 1.56 bits per heavy atom. The molecular weight excluding hydrogens is 205 g/mol. The Bertz CT molecular complexity index is 378. The molecule has 1 aromatic carbocycles. The Morgan fingerprint density at radius 2 is 2.31 bits per heavy atom. The molecule has 3 atom stereocenters. The first-order valence-electron chi connectivity index (χ1n) is 5.77. The summed E-state index contributed by atoms with van der Waals surface area (Å²) in [6.07, 6.45) is 0.609. The van der Waals surface area contributed by atoms with Crippen molar-refractivity contribution in [1.82, 2.24) is 5.32 Å². The van der Waals surface area contributed by atoms with E-state index in [1.165, 1.54) is 11.6 Å². The van der Waals surface area contributed by atoms with Crippen LogP contribution in [-0.4, -0.2) is 17.8 Å². The van der Waals surface area contributed by atoms with E-state index < -0.39 is 0 Å². The van der Waals surface area contributed by atoms with Crippen LogP contribution in [0.2, 0.25) is 0 Å². The highest BCUT2D eigenvalue weighted by atomic mass is 19.1. The average Bonchev–Trinajstić information content (AvgIpc) is 2.51. The zero-order chi connectivity index (χ0) is 11.7. The first-order valence-corrected chi connectivity index (χ1v) is 5.77. The van der Waals surface area contributed by atoms with E-state index in [1.807, 2.05) is 6.07 Å². The van der Waals surface area contributed by atoms with Gasteiger partial charge < -0.3 is 10.4 Å². The summed E-state index contributed by atoms with van der Waals surface area (Å²) < 4.78 is 13.2. The molecule has 2 N–H and O–H groups in total. The molecule has 16 heavy (non-hydrogen) atoms. The van der Waals surface area contributed by atoms with Gasteiger partial charge in [0.2, 0.25) is 0 Å². The second kappa shape index (κ2) is 4.52. The molecule has 3 heteroatoms. The van der Waals surface area contributed by atoms with Crippen LogP contribution >= 0.6 is 0 Å². The van der Waals surface area contributed by atoms with Gasteiger partial charge in [0.15, 0.2) is 0 Å². The quantitative estimate of drug-likeness (QED) is 0.821. The van der Waals surface area contributed by atoms with E-state index in [0.717, 1.165) is 12.0 Å². The summed E-state index contributed by atoms with van der Waals surface area (Å²) in [6, 6.07) is 5.16. The van der Waals surface area contributed by atoms with Gasteiger partial charge in [-0.3, -0.25) is 0 Å². The molecule has 0 heterocycles. The van der Waals surface area contributed by atoms with Crippen molar-refractivity contribution in [2.45, 2.75) is 32.4 Å². The third kappa shape index (κ3) is 2.25. The predicted molar refractivity (Wildman–Crippen MR) is 61.7 cm³/mol. The number of hydrogen-bond acceptors (Lipinski definition) is 2. The summed E-state index contributed by atoms with van der Waals surface area (Å²) in [7, 11) is 0. The lowest BCUT2D eigenvalue weighted by molar-refractivity contribution is 0.182. The van der Waals surface area contributed by atoms with Crippen LogP contribution in [0.25, 0.3) is 0 Å². The minimum Gasteiger partial charge on any atom is -0.392 e. The van der Waals surface area contributed by atoms with Crippen LogP contribution in [0, 0.1) is 11.7 Å². The third-order valence-electron chi connectivity index (χ3n) is 3.19. The fourth-order valence-corrected chi connectivity index (χ4v) is 2.42. The monoisotopic (exact) mass is 223 g/mol. The molecule has 1 aliphatic carbocycles. The lowest BCUT2D eigenvalue weighted by Crippen LogP contribution is -2.30. The Labute approximate surface area is 95.5 Å². The highest BCUT2D eigenvalue weighted by Crippen LogP contribution is 2.36. The third-order valence-corrected chi connectivity index (χ3v) is 3.19. The highest BCUT2D eigenvalue weighted by molar-refractivity contribution is 5.36. The molecule has 0 aliphatic heterocycles. The van der Waals surface area contributed by atoms with Crippen LogP contribution < -0.4 is 5.32 Å². The maximum absolute atomic E-state index is 13.2. The van der Waals surface area contributed by atoms with Crippen LogP contribution in [0.3, 0.4) is 0 Å². The summed E-state index contributed by atoms with van der Waals surface area (Å²) in [6.45, 7) is 4.45. The van der Waals surface area contributed by atoms with Gasteiger partial charge >= 0.3 is 0 Å². The molecule has 0 amide bonds. The summed E-state index contributed by atoms with van der Waals surface area (Å²) in [5.41, 5.74) is 2.27. The van der Waals surface area contributed by atoms with Gasteiger partial charge in [-0.25, -0.2) is 4.39 Å². The minimum absolute atomic E-state index is 0.167. The van der Waals surface area contributed by atoms with E-state index in [2.05, 4.69) is 12.2 Å². The number of halogens is 1. The van der Waals surface area contributed by atoms with Crippen LogP contribution in [0.5, 0.6) is 0 Å². The lowest BCUT2D eigenvalue weighted by Gasteiger charge is -2.19. The first kappa shape index (κ1) is 11.6. The van der Waals surface area contributed by atoms with Crippen LogP contribution in [-0.2, 0) is 6.42 Å². The van der Waals surface area contributed by atoms with Gasteiger partial charge in [-0.15, -0.1) is 0 Å². The van der Waals surface area contributed by atoms with Gasteiger partial charge in [0.05, 0.1) is 6.10 Å². The van der Waals surface area contributed by atoms with E-state index in [9.17, 15) is 9.50 Å². The number of hydrogen-bond donors (Lipinski definition) is 2. The molecule has 1 aromatic rings. The van der Waals surface area contributed by atoms with E-state index in [-0.39, 0.29) is 18.0 Å². The molecule has 0 radical (unpaired) electrons. The molecule has 0 bridgehead atoms. The molecule has 0 aromatic heterocycles. The molecule has 1 aliphatic rings. The Kier molecular flexibility index (Phi) is 3.26. The average molecular weight is 223 g/mol. The molecule has 2 unspecified atom stereocenters. The maximum Gasteiger partial charge on any atom is 0.123 e. The topological polar surface area (TPSA) is 32.3 Å². The summed E-state index contributed by atoms with van der Waals surface area (Å²) in [5.74, 6) is 0.271. The smallest absolute Gasteiger partial charge is 0.123 e. The molecule has 2 rings (SSSR count). The van der Waals surface area contributed by atoms with Gasteiger partial charge in [0.1, 0.15) is 5.82 Å². The SMILES string of the molecule is CC1Cc2ccc(F)cc2C1NC[C@@H](C)O. The first-order chi connectivity index (χ1) is 7.58. The standard InChI is InChI=1S/C13H18FNO/c1-8-5-10-3-4-11(14)6-12(10)13(8)15-7-9(2)16/h3-4,6,8-9,13,15-16H,5,7H2,1-2H3/t8?,9-,13?/m1/s1. The van der Waals surface area contributed by atoms with Gasteiger partial charge in [0, 0.05) is 12.6 Å². The molecule has 0 fully saturated rings. The summed E-state index contributed by atoms with van der Waals surface area (Å²) in [5, 5.41) is 12.6. The van der Waals surface area contributed by atoms with Gasteiger partial charge in [0.25, 0.3) is 0 Å². The number of benzene rings is 1. The van der Waals surface area contributed by atoms with Crippen molar-refractivity contribution < 1.29 is 9.50 Å². The zero-order valence-corrected chi connectivity index (χ0v) is 9.70. The Balaban J connectivity index is 2.18. The predicted octanol–water partition coefficient (Wildman–Crippen LogP) is 2.03. The molecule has 0 spiro atoms. The summed E-state index contributed by atoms with van der Waals surface area (Å²) >= 11 is 0. The zero-order valence-electron chi connectivity index (χ0n) is 9.70. The van der Waals surface area contributed by atoms with E-state index in [0.29, 0.717) is 12.5 Å². The van der Waals surface area contributed by atoms with Crippen LogP contribution in [0.1, 0.15) is 31.0 Å². The Hall–Kier alpha value is -0.930. The fourth-order valence-electron chi connectivity index (χ4n) is 2.42. The largest absolute Gasteiger partial charge is 0.392 e. The number of fused-ring (bicyclic) bond motifs is 1. The number of aliphatic hydroxyl groups is 1. The van der Waals surface area contributed by atoms with Crippen molar-refractivity contribution in [3.63, 3.8) is 0 Å². The maximum atomic E-state index is 13.2.